The molecule has 0 saturated carbocycles. The Balaban J connectivity index is 1.10. The van der Waals surface area contributed by atoms with E-state index < -0.39 is 0 Å². The number of benzene rings is 9. The third-order valence-corrected chi connectivity index (χ3v) is 11.3. The Morgan fingerprint density at radius 2 is 0.679 bits per heavy atom. The van der Waals surface area contributed by atoms with Crippen molar-refractivity contribution >= 4 is 43.6 Å². The first-order valence-corrected chi connectivity index (χ1v) is 19.3. The van der Waals surface area contributed by atoms with Crippen LogP contribution in [-0.2, 0) is 0 Å². The first-order chi connectivity index (χ1) is 27.8. The second-order valence-corrected chi connectivity index (χ2v) is 14.5. The van der Waals surface area contributed by atoms with Crippen LogP contribution in [0.25, 0.3) is 99.5 Å². The standard InChI is InChI=1S/C54H36N2/c1-3-15-37(16-4-1)39-19-13-21-43(33-39)45-23-7-10-26-50(45)56-52-28-12-9-25-47(52)49-32-30-42(36-54(49)56)41-29-31-48-46-24-8-11-27-51(46)55(53(48)35-41)44-22-14-20-40(34-44)38-17-5-2-6-18-38/h1-36H. The minimum Gasteiger partial charge on any atom is -0.309 e. The molecule has 0 aliphatic carbocycles. The van der Waals surface area contributed by atoms with Crippen LogP contribution in [0.4, 0.5) is 0 Å². The zero-order chi connectivity index (χ0) is 37.0. The predicted molar refractivity (Wildman–Crippen MR) is 237 cm³/mol. The average molecular weight is 713 g/mol. The number of para-hydroxylation sites is 3. The quantitative estimate of drug-likeness (QED) is 0.162. The van der Waals surface area contributed by atoms with Crippen LogP contribution < -0.4 is 0 Å². The highest BCUT2D eigenvalue weighted by Gasteiger charge is 2.18. The van der Waals surface area contributed by atoms with E-state index in [2.05, 4.69) is 228 Å². The van der Waals surface area contributed by atoms with E-state index in [-0.39, 0.29) is 0 Å². The molecule has 56 heavy (non-hydrogen) atoms. The maximum Gasteiger partial charge on any atom is 0.0547 e. The molecule has 0 fully saturated rings. The van der Waals surface area contributed by atoms with E-state index in [9.17, 15) is 0 Å². The van der Waals surface area contributed by atoms with Crippen molar-refractivity contribution in [1.82, 2.24) is 9.13 Å². The molecule has 9 aromatic carbocycles. The summed E-state index contributed by atoms with van der Waals surface area (Å²) in [7, 11) is 0. The van der Waals surface area contributed by atoms with Crippen molar-refractivity contribution in [3.63, 3.8) is 0 Å². The molecule has 0 saturated heterocycles. The van der Waals surface area contributed by atoms with Gasteiger partial charge < -0.3 is 9.13 Å². The van der Waals surface area contributed by atoms with Crippen molar-refractivity contribution in [1.29, 1.82) is 0 Å². The summed E-state index contributed by atoms with van der Waals surface area (Å²) < 4.78 is 4.89. The Morgan fingerprint density at radius 3 is 1.34 bits per heavy atom. The smallest absolute Gasteiger partial charge is 0.0547 e. The fourth-order valence-corrected chi connectivity index (χ4v) is 8.70. The summed E-state index contributed by atoms with van der Waals surface area (Å²) >= 11 is 0. The fraction of sp³-hybridized carbons (Fsp3) is 0. The van der Waals surface area contributed by atoms with Crippen LogP contribution in [0.2, 0.25) is 0 Å². The Kier molecular flexibility index (Phi) is 7.53. The minimum atomic E-state index is 1.15. The van der Waals surface area contributed by atoms with Crippen LogP contribution in [0.3, 0.4) is 0 Å². The summed E-state index contributed by atoms with van der Waals surface area (Å²) in [5.41, 5.74) is 16.7. The lowest BCUT2D eigenvalue weighted by molar-refractivity contribution is 1.18. The number of aromatic nitrogens is 2. The molecule has 0 atom stereocenters. The van der Waals surface area contributed by atoms with Crippen molar-refractivity contribution in [3.05, 3.63) is 218 Å². The average Bonchev–Trinajstić information content (AvgIpc) is 3.79. The van der Waals surface area contributed by atoms with Gasteiger partial charge in [-0.05, 0) is 87.5 Å². The van der Waals surface area contributed by atoms with Gasteiger partial charge in [0.1, 0.15) is 0 Å². The van der Waals surface area contributed by atoms with Gasteiger partial charge in [-0.3, -0.25) is 0 Å². The van der Waals surface area contributed by atoms with Gasteiger partial charge in [0, 0.05) is 32.8 Å². The van der Waals surface area contributed by atoms with Crippen LogP contribution in [0, 0.1) is 0 Å². The van der Waals surface area contributed by atoms with E-state index in [1.54, 1.807) is 0 Å². The summed E-state index contributed by atoms with van der Waals surface area (Å²) in [6.45, 7) is 0. The van der Waals surface area contributed by atoms with Crippen LogP contribution in [0.1, 0.15) is 0 Å². The summed E-state index contributed by atoms with van der Waals surface area (Å²) in [6.07, 6.45) is 0. The molecule has 0 aliphatic heterocycles. The SMILES string of the molecule is c1ccc(-c2cccc(-c3ccccc3-n3c4ccccc4c4ccc(-c5ccc6c7ccccc7n(-c7cccc(-c8ccccc8)c7)c6c5)cc43)c2)cc1. The summed E-state index contributed by atoms with van der Waals surface area (Å²) in [6, 6.07) is 79.4. The number of hydrogen-bond donors (Lipinski definition) is 0. The third-order valence-electron chi connectivity index (χ3n) is 11.3. The lowest BCUT2D eigenvalue weighted by Gasteiger charge is -2.15. The zero-order valence-corrected chi connectivity index (χ0v) is 30.7. The lowest BCUT2D eigenvalue weighted by atomic mass is 9.98. The molecule has 0 unspecified atom stereocenters. The number of nitrogens with zero attached hydrogens (tertiary/aromatic N) is 2. The molecule has 2 heteroatoms. The minimum absolute atomic E-state index is 1.15. The maximum absolute atomic E-state index is 2.46. The Bertz CT molecular complexity index is 3240. The molecule has 0 N–H and O–H groups in total. The molecule has 262 valence electrons. The summed E-state index contributed by atoms with van der Waals surface area (Å²) in [5, 5.41) is 4.99. The van der Waals surface area contributed by atoms with Gasteiger partial charge in [-0.1, -0.05) is 170 Å². The van der Waals surface area contributed by atoms with Crippen LogP contribution in [-0.4, -0.2) is 9.13 Å². The van der Waals surface area contributed by atoms with E-state index in [1.165, 1.54) is 88.1 Å². The van der Waals surface area contributed by atoms with Crippen molar-refractivity contribution in [2.45, 2.75) is 0 Å². The second kappa shape index (κ2) is 13.2. The molecular weight excluding hydrogens is 677 g/mol. The first kappa shape index (κ1) is 32.0. The predicted octanol–water partition coefficient (Wildman–Crippen LogP) is 14.5. The van der Waals surface area contributed by atoms with Crippen molar-refractivity contribution in [2.24, 2.45) is 0 Å². The molecule has 11 rings (SSSR count). The molecule has 0 aliphatic rings. The number of hydrogen-bond acceptors (Lipinski definition) is 0. The van der Waals surface area contributed by atoms with E-state index >= 15 is 0 Å². The van der Waals surface area contributed by atoms with Crippen molar-refractivity contribution in [3.8, 4) is 55.9 Å². The summed E-state index contributed by atoms with van der Waals surface area (Å²) in [4.78, 5) is 0. The van der Waals surface area contributed by atoms with Crippen LogP contribution in [0.5, 0.6) is 0 Å². The molecule has 11 aromatic rings. The Morgan fingerprint density at radius 1 is 0.232 bits per heavy atom. The van der Waals surface area contributed by atoms with E-state index in [0.717, 1.165) is 11.4 Å². The van der Waals surface area contributed by atoms with Crippen molar-refractivity contribution < 1.29 is 0 Å². The molecule has 0 radical (unpaired) electrons. The largest absolute Gasteiger partial charge is 0.309 e. The number of rotatable bonds is 6. The third kappa shape index (κ3) is 5.26. The Hall–Kier alpha value is -7.42. The maximum atomic E-state index is 2.46. The highest BCUT2D eigenvalue weighted by molar-refractivity contribution is 6.12. The molecule has 0 spiro atoms. The van der Waals surface area contributed by atoms with Gasteiger partial charge in [0.05, 0.1) is 27.8 Å². The van der Waals surface area contributed by atoms with Crippen LogP contribution >= 0.6 is 0 Å². The molecule has 2 heterocycles. The topological polar surface area (TPSA) is 9.86 Å². The lowest BCUT2D eigenvalue weighted by Crippen LogP contribution is -1.97. The zero-order valence-electron chi connectivity index (χ0n) is 30.7. The highest BCUT2D eigenvalue weighted by Crippen LogP contribution is 2.40. The van der Waals surface area contributed by atoms with Gasteiger partial charge in [-0.25, -0.2) is 0 Å². The molecule has 2 aromatic heterocycles. The fourth-order valence-electron chi connectivity index (χ4n) is 8.70. The van der Waals surface area contributed by atoms with Gasteiger partial charge in [-0.2, -0.15) is 0 Å². The molecular formula is C54H36N2. The number of fused-ring (bicyclic) bond motifs is 6. The van der Waals surface area contributed by atoms with Crippen molar-refractivity contribution in [2.75, 3.05) is 0 Å². The first-order valence-electron chi connectivity index (χ1n) is 19.3. The van der Waals surface area contributed by atoms with Gasteiger partial charge in [-0.15, -0.1) is 0 Å². The van der Waals surface area contributed by atoms with E-state index in [1.807, 2.05) is 0 Å². The van der Waals surface area contributed by atoms with E-state index in [4.69, 9.17) is 0 Å². The Labute approximate surface area is 325 Å². The normalized spacial score (nSPS) is 11.6. The molecule has 2 nitrogen and oxygen atoms in total. The van der Waals surface area contributed by atoms with Gasteiger partial charge in [0.25, 0.3) is 0 Å². The highest BCUT2D eigenvalue weighted by atomic mass is 15.0. The monoisotopic (exact) mass is 712 g/mol. The second-order valence-electron chi connectivity index (χ2n) is 14.5. The van der Waals surface area contributed by atoms with Gasteiger partial charge >= 0.3 is 0 Å². The summed E-state index contributed by atoms with van der Waals surface area (Å²) in [5.74, 6) is 0. The van der Waals surface area contributed by atoms with Gasteiger partial charge in [0.15, 0.2) is 0 Å². The van der Waals surface area contributed by atoms with Crippen LogP contribution in [0.15, 0.2) is 218 Å². The van der Waals surface area contributed by atoms with Gasteiger partial charge in [0.2, 0.25) is 0 Å². The molecule has 0 bridgehead atoms. The molecule has 0 amide bonds. The van der Waals surface area contributed by atoms with E-state index in [0.29, 0.717) is 0 Å².